The molecule has 0 aliphatic heterocycles. The lowest BCUT2D eigenvalue weighted by Crippen LogP contribution is -2.23. The van der Waals surface area contributed by atoms with Crippen molar-refractivity contribution in [3.05, 3.63) is 47.7 Å². The Morgan fingerprint density at radius 1 is 1.32 bits per heavy atom. The molecule has 0 aliphatic carbocycles. The van der Waals surface area contributed by atoms with Gasteiger partial charge in [-0.2, -0.15) is 10.4 Å². The summed E-state index contributed by atoms with van der Waals surface area (Å²) in [6, 6.07) is 12.8. The molecule has 0 spiro atoms. The van der Waals surface area contributed by atoms with Gasteiger partial charge in [0.05, 0.1) is 17.8 Å². The molecule has 0 saturated heterocycles. The molecule has 1 heterocycles. The van der Waals surface area contributed by atoms with Crippen molar-refractivity contribution in [2.45, 2.75) is 0 Å². The fourth-order valence-corrected chi connectivity index (χ4v) is 1.50. The first-order valence-corrected chi connectivity index (χ1v) is 5.79. The lowest BCUT2D eigenvalue weighted by atomic mass is 10.1. The summed E-state index contributed by atoms with van der Waals surface area (Å²) in [6.45, 7) is 0. The first-order chi connectivity index (χ1) is 9.19. The number of rotatable bonds is 3. The van der Waals surface area contributed by atoms with Crippen LogP contribution in [0.2, 0.25) is 0 Å². The standard InChI is InChI=1S/C13H10N4OS/c14-7-9-1-3-10(4-2-9)12-6-5-11(18-12)8-16-17-13(15)19/h1-6,8H,(H3,15,17,19)/b16-8-. The highest BCUT2D eigenvalue weighted by molar-refractivity contribution is 7.80. The summed E-state index contributed by atoms with van der Waals surface area (Å²) >= 11 is 4.61. The number of hydrogen-bond acceptors (Lipinski definition) is 4. The average Bonchev–Trinajstić information content (AvgIpc) is 2.87. The Labute approximate surface area is 115 Å². The van der Waals surface area contributed by atoms with Crippen LogP contribution in [-0.2, 0) is 0 Å². The van der Waals surface area contributed by atoms with Crippen molar-refractivity contribution in [2.24, 2.45) is 10.8 Å². The molecule has 0 bridgehead atoms. The van der Waals surface area contributed by atoms with Crippen LogP contribution < -0.4 is 11.2 Å². The Hall–Kier alpha value is -2.65. The van der Waals surface area contributed by atoms with Gasteiger partial charge in [0, 0.05) is 5.56 Å². The Balaban J connectivity index is 2.14. The van der Waals surface area contributed by atoms with Crippen LogP contribution in [0.3, 0.4) is 0 Å². The summed E-state index contributed by atoms with van der Waals surface area (Å²) in [5.74, 6) is 1.27. The second-order valence-corrected chi connectivity index (χ2v) is 4.07. The third-order valence-electron chi connectivity index (χ3n) is 2.29. The van der Waals surface area contributed by atoms with E-state index in [0.717, 1.165) is 5.56 Å². The zero-order valence-corrected chi connectivity index (χ0v) is 10.6. The normalized spacial score (nSPS) is 10.3. The fraction of sp³-hybridized carbons (Fsp3) is 0. The first-order valence-electron chi connectivity index (χ1n) is 5.38. The molecule has 2 rings (SSSR count). The number of benzene rings is 1. The van der Waals surface area contributed by atoms with Crippen molar-refractivity contribution in [3.8, 4) is 17.4 Å². The molecule has 0 saturated carbocycles. The number of nitrogens with two attached hydrogens (primary N) is 1. The van der Waals surface area contributed by atoms with Crippen LogP contribution in [0.4, 0.5) is 0 Å². The van der Waals surface area contributed by atoms with E-state index in [2.05, 4.69) is 28.8 Å². The van der Waals surface area contributed by atoms with Gasteiger partial charge < -0.3 is 10.2 Å². The third kappa shape index (κ3) is 3.40. The van der Waals surface area contributed by atoms with Gasteiger partial charge >= 0.3 is 0 Å². The maximum atomic E-state index is 8.73. The van der Waals surface area contributed by atoms with Gasteiger partial charge in [-0.15, -0.1) is 0 Å². The van der Waals surface area contributed by atoms with Gasteiger partial charge in [-0.25, -0.2) is 0 Å². The molecule has 0 unspecified atom stereocenters. The molecule has 6 heteroatoms. The Kier molecular flexibility index (Phi) is 3.90. The minimum absolute atomic E-state index is 0.0927. The highest BCUT2D eigenvalue weighted by Gasteiger charge is 2.03. The van der Waals surface area contributed by atoms with E-state index in [0.29, 0.717) is 17.1 Å². The highest BCUT2D eigenvalue weighted by atomic mass is 32.1. The van der Waals surface area contributed by atoms with Crippen LogP contribution in [0.15, 0.2) is 45.9 Å². The summed E-state index contributed by atoms with van der Waals surface area (Å²) in [5.41, 5.74) is 9.17. The topological polar surface area (TPSA) is 87.3 Å². The van der Waals surface area contributed by atoms with Crippen LogP contribution in [-0.4, -0.2) is 11.3 Å². The summed E-state index contributed by atoms with van der Waals surface area (Å²) in [4.78, 5) is 0. The van der Waals surface area contributed by atoms with Gasteiger partial charge in [-0.3, -0.25) is 5.43 Å². The van der Waals surface area contributed by atoms with Crippen LogP contribution in [0.1, 0.15) is 11.3 Å². The smallest absolute Gasteiger partial charge is 0.184 e. The lowest BCUT2D eigenvalue weighted by molar-refractivity contribution is 0.574. The molecule has 0 amide bonds. The quantitative estimate of drug-likeness (QED) is 0.506. The number of thiocarbonyl (C=S) groups is 1. The Morgan fingerprint density at radius 2 is 2.05 bits per heavy atom. The zero-order valence-electron chi connectivity index (χ0n) is 9.83. The molecule has 0 fully saturated rings. The van der Waals surface area contributed by atoms with Crippen molar-refractivity contribution >= 4 is 23.5 Å². The highest BCUT2D eigenvalue weighted by Crippen LogP contribution is 2.21. The molecule has 5 nitrogen and oxygen atoms in total. The number of nitrogens with one attached hydrogen (secondary N) is 1. The van der Waals surface area contributed by atoms with Crippen molar-refractivity contribution in [2.75, 3.05) is 0 Å². The molecular weight excluding hydrogens is 260 g/mol. The predicted molar refractivity (Wildman–Crippen MR) is 76.4 cm³/mol. The van der Waals surface area contributed by atoms with Crippen molar-refractivity contribution in [3.63, 3.8) is 0 Å². The average molecular weight is 270 g/mol. The number of furan rings is 1. The van der Waals surface area contributed by atoms with E-state index >= 15 is 0 Å². The van der Waals surface area contributed by atoms with Crippen LogP contribution in [0.25, 0.3) is 11.3 Å². The zero-order chi connectivity index (χ0) is 13.7. The van der Waals surface area contributed by atoms with Gasteiger partial charge in [0.25, 0.3) is 0 Å². The van der Waals surface area contributed by atoms with Gasteiger partial charge in [-0.1, -0.05) is 0 Å². The van der Waals surface area contributed by atoms with E-state index in [9.17, 15) is 0 Å². The van der Waals surface area contributed by atoms with E-state index < -0.39 is 0 Å². The SMILES string of the molecule is N#Cc1ccc(-c2ccc(/C=N\NC(N)=S)o2)cc1. The Morgan fingerprint density at radius 3 is 2.68 bits per heavy atom. The second-order valence-electron chi connectivity index (χ2n) is 3.63. The number of hydrogen-bond donors (Lipinski definition) is 2. The molecule has 0 atom stereocenters. The fourth-order valence-electron chi connectivity index (χ4n) is 1.45. The maximum Gasteiger partial charge on any atom is 0.184 e. The summed E-state index contributed by atoms with van der Waals surface area (Å²) in [6.07, 6.45) is 1.48. The van der Waals surface area contributed by atoms with Gasteiger partial charge in [0.2, 0.25) is 0 Å². The predicted octanol–water partition coefficient (Wildman–Crippen LogP) is 1.99. The summed E-state index contributed by atoms with van der Waals surface area (Å²) < 4.78 is 5.57. The molecule has 1 aromatic carbocycles. The van der Waals surface area contributed by atoms with Crippen LogP contribution in [0.5, 0.6) is 0 Å². The lowest BCUT2D eigenvalue weighted by Gasteiger charge is -1.96. The molecule has 3 N–H and O–H groups in total. The number of nitriles is 1. The van der Waals surface area contributed by atoms with E-state index in [4.69, 9.17) is 15.4 Å². The summed E-state index contributed by atoms with van der Waals surface area (Å²) in [7, 11) is 0. The number of hydrazone groups is 1. The molecule has 2 aromatic rings. The van der Waals surface area contributed by atoms with E-state index in [-0.39, 0.29) is 5.11 Å². The molecule has 19 heavy (non-hydrogen) atoms. The maximum absolute atomic E-state index is 8.73. The largest absolute Gasteiger partial charge is 0.455 e. The van der Waals surface area contributed by atoms with Crippen LogP contribution >= 0.6 is 12.2 Å². The van der Waals surface area contributed by atoms with Gasteiger partial charge in [-0.05, 0) is 48.6 Å². The molecular formula is C13H10N4OS. The van der Waals surface area contributed by atoms with Gasteiger partial charge in [0.15, 0.2) is 5.11 Å². The van der Waals surface area contributed by atoms with Crippen molar-refractivity contribution in [1.82, 2.24) is 5.43 Å². The van der Waals surface area contributed by atoms with E-state index in [1.807, 2.05) is 18.2 Å². The molecule has 1 aromatic heterocycles. The van der Waals surface area contributed by atoms with Gasteiger partial charge in [0.1, 0.15) is 11.5 Å². The molecule has 0 radical (unpaired) electrons. The third-order valence-corrected chi connectivity index (χ3v) is 2.38. The Bertz CT molecular complexity index is 652. The first kappa shape index (κ1) is 12.8. The van der Waals surface area contributed by atoms with E-state index in [1.54, 1.807) is 18.2 Å². The van der Waals surface area contributed by atoms with Crippen molar-refractivity contribution in [1.29, 1.82) is 5.26 Å². The molecule has 0 aliphatic rings. The van der Waals surface area contributed by atoms with E-state index in [1.165, 1.54) is 6.21 Å². The minimum Gasteiger partial charge on any atom is -0.455 e. The van der Waals surface area contributed by atoms with Crippen molar-refractivity contribution < 1.29 is 4.42 Å². The minimum atomic E-state index is 0.0927. The summed E-state index contributed by atoms with van der Waals surface area (Å²) in [5, 5.41) is 12.6. The molecule has 94 valence electrons. The second kappa shape index (κ2) is 5.80. The monoisotopic (exact) mass is 270 g/mol. The van der Waals surface area contributed by atoms with Crippen LogP contribution in [0, 0.1) is 11.3 Å². The number of nitrogens with zero attached hydrogens (tertiary/aromatic N) is 2.